The van der Waals surface area contributed by atoms with E-state index in [2.05, 4.69) is 16.1 Å². The van der Waals surface area contributed by atoms with Crippen LogP contribution in [0.4, 0.5) is 0 Å². The number of carbonyl (C=O) groups excluding carboxylic acids is 4. The van der Waals surface area contributed by atoms with Crippen molar-refractivity contribution in [1.29, 1.82) is 0 Å². The molecule has 2 aromatic carbocycles. The minimum absolute atomic E-state index is 0.0213. The van der Waals surface area contributed by atoms with Crippen molar-refractivity contribution in [1.82, 2.24) is 21.1 Å². The van der Waals surface area contributed by atoms with Gasteiger partial charge in [0.15, 0.2) is 12.2 Å². The molecule has 4 atom stereocenters. The van der Waals surface area contributed by atoms with E-state index < -0.39 is 60.5 Å². The molecule has 0 bridgehead atoms. The highest BCUT2D eigenvalue weighted by atomic mass is 16.6. The molecule has 3 amide bonds. The number of nitrogens with one attached hydrogen (secondary N) is 3. The number of hydrogen-bond donors (Lipinski definition) is 4. The summed E-state index contributed by atoms with van der Waals surface area (Å²) < 4.78 is 10.3. The number of carboxylic acid groups (broad SMARTS) is 1. The van der Waals surface area contributed by atoms with Gasteiger partial charge in [-0.3, -0.25) is 24.6 Å². The first-order chi connectivity index (χ1) is 20.1. The molecule has 226 valence electrons. The molecule has 1 aliphatic rings. The predicted octanol–water partition coefficient (Wildman–Crippen LogP) is 1.19. The summed E-state index contributed by atoms with van der Waals surface area (Å²) in [5.41, 5.74) is 4.17. The molecule has 0 radical (unpaired) electrons. The van der Waals surface area contributed by atoms with Gasteiger partial charge in [-0.2, -0.15) is 0 Å². The third-order valence-corrected chi connectivity index (χ3v) is 6.55. The van der Waals surface area contributed by atoms with E-state index in [4.69, 9.17) is 9.47 Å². The minimum Gasteiger partial charge on any atom is -0.480 e. The van der Waals surface area contributed by atoms with Gasteiger partial charge >= 0.3 is 11.9 Å². The maximum atomic E-state index is 13.0. The van der Waals surface area contributed by atoms with Gasteiger partial charge in [-0.05, 0) is 43.4 Å². The Morgan fingerprint density at radius 3 is 2.12 bits per heavy atom. The lowest BCUT2D eigenvalue weighted by Crippen LogP contribution is -2.58. The van der Waals surface area contributed by atoms with Crippen molar-refractivity contribution in [3.63, 3.8) is 0 Å². The van der Waals surface area contributed by atoms with Crippen molar-refractivity contribution in [3.05, 3.63) is 71.8 Å². The second kappa shape index (κ2) is 15.6. The predicted molar refractivity (Wildman–Crippen MR) is 151 cm³/mol. The number of hydrogen-bond acceptors (Lipinski definition) is 8. The molecule has 0 saturated carbocycles. The molecule has 0 aliphatic carbocycles. The van der Waals surface area contributed by atoms with Crippen LogP contribution in [0.2, 0.25) is 0 Å². The first-order valence-electron chi connectivity index (χ1n) is 13.8. The quantitative estimate of drug-likeness (QED) is 0.104. The summed E-state index contributed by atoms with van der Waals surface area (Å²) in [4.78, 5) is 62.4. The molecule has 42 heavy (non-hydrogen) atoms. The molecular formula is C30H38N4O8. The van der Waals surface area contributed by atoms with Crippen LogP contribution in [0.3, 0.4) is 0 Å². The van der Waals surface area contributed by atoms with Gasteiger partial charge in [0.05, 0.1) is 6.04 Å². The number of nitrogens with zero attached hydrogens (tertiary/aromatic N) is 1. The number of epoxide rings is 1. The molecule has 3 rings (SSSR count). The van der Waals surface area contributed by atoms with Gasteiger partial charge in [0.1, 0.15) is 19.2 Å². The number of rotatable bonds is 15. The van der Waals surface area contributed by atoms with E-state index in [0.717, 1.165) is 18.4 Å². The smallest absolute Gasteiger partial charge is 0.338 e. The van der Waals surface area contributed by atoms with Crippen molar-refractivity contribution in [2.45, 2.75) is 64.5 Å². The van der Waals surface area contributed by atoms with Gasteiger partial charge < -0.3 is 25.2 Å². The maximum Gasteiger partial charge on any atom is 0.338 e. The number of hydrazine groups is 1. The molecule has 12 nitrogen and oxygen atoms in total. The number of carboxylic acids is 1. The minimum atomic E-state index is -1.40. The summed E-state index contributed by atoms with van der Waals surface area (Å²) in [7, 11) is 0. The highest BCUT2D eigenvalue weighted by Crippen LogP contribution is 2.25. The van der Waals surface area contributed by atoms with Crippen LogP contribution in [0, 0.1) is 5.92 Å². The van der Waals surface area contributed by atoms with Gasteiger partial charge in [0.2, 0.25) is 5.91 Å². The first kappa shape index (κ1) is 32.2. The largest absolute Gasteiger partial charge is 0.480 e. The zero-order chi connectivity index (χ0) is 30.6. The molecule has 4 N–H and O–H groups in total. The second-order valence-electron chi connectivity index (χ2n) is 10.4. The van der Waals surface area contributed by atoms with Crippen molar-refractivity contribution in [3.8, 4) is 0 Å². The van der Waals surface area contributed by atoms with E-state index in [-0.39, 0.29) is 12.5 Å². The van der Waals surface area contributed by atoms with Crippen LogP contribution < -0.4 is 16.1 Å². The Kier molecular flexibility index (Phi) is 12.0. The Labute approximate surface area is 244 Å². The summed E-state index contributed by atoms with van der Waals surface area (Å²) in [6.07, 6.45) is -0.857. The molecule has 1 heterocycles. The molecule has 0 unspecified atom stereocenters. The number of aryl methyl sites for hydroxylation is 1. The van der Waals surface area contributed by atoms with Crippen LogP contribution in [0.15, 0.2) is 60.7 Å². The molecule has 0 spiro atoms. The van der Waals surface area contributed by atoms with E-state index in [0.29, 0.717) is 11.6 Å². The van der Waals surface area contributed by atoms with E-state index in [9.17, 15) is 29.1 Å². The lowest BCUT2D eigenvalue weighted by Gasteiger charge is -2.26. The standard InChI is InChI=1S/C30H38N4O8/c1-19(2)24(31-16-10-15-21-11-6-4-7-12-21)28(38)32-20(3)27(37)33-34(17-23(35)36)29(39)25-26(42-25)30(40)41-18-22-13-8-5-9-14-22/h4-9,11-14,19-20,24-26,31H,10,15-18H2,1-3H3,(H,32,38)(H,33,37)(H,35,36)/t20-,24-,25+,26+/m0/s1. The summed E-state index contributed by atoms with van der Waals surface area (Å²) in [6.45, 7) is 4.86. The summed E-state index contributed by atoms with van der Waals surface area (Å²) in [6, 6.07) is 17.2. The van der Waals surface area contributed by atoms with E-state index in [1.807, 2.05) is 50.2 Å². The molecule has 1 fully saturated rings. The first-order valence-corrected chi connectivity index (χ1v) is 13.8. The van der Waals surface area contributed by atoms with Crippen LogP contribution in [0.25, 0.3) is 0 Å². The van der Waals surface area contributed by atoms with Crippen molar-refractivity contribution >= 4 is 29.7 Å². The van der Waals surface area contributed by atoms with E-state index >= 15 is 0 Å². The number of carbonyl (C=O) groups is 5. The monoisotopic (exact) mass is 582 g/mol. The van der Waals surface area contributed by atoms with Crippen molar-refractivity contribution in [2.75, 3.05) is 13.1 Å². The number of esters is 1. The van der Waals surface area contributed by atoms with Crippen molar-refractivity contribution in [2.24, 2.45) is 5.92 Å². The fraction of sp³-hybridized carbons (Fsp3) is 0.433. The number of benzene rings is 2. The van der Waals surface area contributed by atoms with Crippen LogP contribution in [0.1, 0.15) is 38.3 Å². The van der Waals surface area contributed by atoms with Crippen LogP contribution >= 0.6 is 0 Å². The topological polar surface area (TPSA) is 167 Å². The molecule has 2 aromatic rings. The Balaban J connectivity index is 1.49. The fourth-order valence-corrected chi connectivity index (χ4v) is 4.18. The zero-order valence-electron chi connectivity index (χ0n) is 23.9. The molecular weight excluding hydrogens is 544 g/mol. The van der Waals surface area contributed by atoms with Gasteiger partial charge in [-0.1, -0.05) is 74.5 Å². The lowest BCUT2D eigenvalue weighted by atomic mass is 10.0. The third kappa shape index (κ3) is 9.96. The molecule has 0 aromatic heterocycles. The maximum absolute atomic E-state index is 13.0. The average molecular weight is 583 g/mol. The van der Waals surface area contributed by atoms with Crippen LogP contribution in [-0.4, -0.2) is 77.2 Å². The second-order valence-corrected chi connectivity index (χ2v) is 10.4. The molecule has 1 aliphatic heterocycles. The third-order valence-electron chi connectivity index (χ3n) is 6.55. The highest BCUT2D eigenvalue weighted by Gasteiger charge is 2.53. The van der Waals surface area contributed by atoms with E-state index in [1.54, 1.807) is 24.3 Å². The molecule has 12 heteroatoms. The van der Waals surface area contributed by atoms with Gasteiger partial charge in [-0.15, -0.1) is 0 Å². The van der Waals surface area contributed by atoms with Gasteiger partial charge in [0, 0.05) is 0 Å². The zero-order valence-corrected chi connectivity index (χ0v) is 23.9. The van der Waals surface area contributed by atoms with Gasteiger partial charge in [-0.25, -0.2) is 9.80 Å². The summed E-state index contributed by atoms with van der Waals surface area (Å²) in [5, 5.41) is 15.7. The highest BCUT2D eigenvalue weighted by molar-refractivity contribution is 5.96. The van der Waals surface area contributed by atoms with Crippen molar-refractivity contribution < 1.29 is 38.6 Å². The normalized spacial score (nSPS) is 17.0. The number of ether oxygens (including phenoxy) is 2. The summed E-state index contributed by atoms with van der Waals surface area (Å²) in [5.74, 6) is -4.40. The lowest BCUT2D eigenvalue weighted by molar-refractivity contribution is -0.151. The Hall–Kier alpha value is -4.29. The number of aliphatic carboxylic acids is 1. The Morgan fingerprint density at radius 2 is 1.52 bits per heavy atom. The SMILES string of the molecule is CC(C)[C@H](NCCCc1ccccc1)C(=O)N[C@@H](C)C(=O)NN(CC(=O)O)C(=O)[C@@H]1O[C@H]1C(=O)OCc1ccccc1. The Bertz CT molecular complexity index is 1220. The molecule has 1 saturated heterocycles. The summed E-state index contributed by atoms with van der Waals surface area (Å²) >= 11 is 0. The van der Waals surface area contributed by atoms with Gasteiger partial charge in [0.25, 0.3) is 11.8 Å². The van der Waals surface area contributed by atoms with E-state index in [1.165, 1.54) is 12.5 Å². The number of amides is 3. The Morgan fingerprint density at radius 1 is 0.905 bits per heavy atom. The average Bonchev–Trinajstić information content (AvgIpc) is 3.77. The fourth-order valence-electron chi connectivity index (χ4n) is 4.18. The van der Waals surface area contributed by atoms with Crippen LogP contribution in [-0.2, 0) is 46.5 Å². The van der Waals surface area contributed by atoms with Crippen LogP contribution in [0.5, 0.6) is 0 Å².